The Morgan fingerprint density at radius 1 is 1.03 bits per heavy atom. The summed E-state index contributed by atoms with van der Waals surface area (Å²) < 4.78 is 16.3. The first-order valence-electron chi connectivity index (χ1n) is 12.9. The molecule has 3 atom stereocenters. The molecule has 0 spiro atoms. The standard InChI is InChI=1S/C28H36N4O6/c1-28(2,3)38-27(35)30-24(20-10-6-4-7-11-20)25(33)36-19-23-22(29-26(34)37-23)18-31-14-16-32(17-15-31)21-12-8-5-9-13-21/h4-13,22-24H,14-19H2,1-3H3,(H,29,34)(H,30,35)/t22-,23-,24+/m1/s1. The van der Waals surface area contributed by atoms with Gasteiger partial charge in [0, 0.05) is 38.4 Å². The SMILES string of the molecule is CC(C)(C)OC(=O)N[C@H](C(=O)OC[C@H]1OC(=O)N[C@@H]1CN1CCN(c2ccccc2)CC1)c1ccccc1. The van der Waals surface area contributed by atoms with E-state index < -0.39 is 35.9 Å². The van der Waals surface area contributed by atoms with Gasteiger partial charge in [-0.25, -0.2) is 14.4 Å². The molecule has 2 saturated heterocycles. The summed E-state index contributed by atoms with van der Waals surface area (Å²) in [4.78, 5) is 42.1. The van der Waals surface area contributed by atoms with Crippen LogP contribution in [0.5, 0.6) is 0 Å². The number of benzene rings is 2. The van der Waals surface area contributed by atoms with Crippen molar-refractivity contribution in [1.82, 2.24) is 15.5 Å². The third-order valence-corrected chi connectivity index (χ3v) is 6.38. The number of anilines is 1. The van der Waals surface area contributed by atoms with Crippen molar-refractivity contribution in [1.29, 1.82) is 0 Å². The van der Waals surface area contributed by atoms with Crippen molar-refractivity contribution in [2.75, 3.05) is 44.2 Å². The van der Waals surface area contributed by atoms with Crippen molar-refractivity contribution in [3.63, 3.8) is 0 Å². The van der Waals surface area contributed by atoms with Crippen LogP contribution in [-0.4, -0.2) is 80.1 Å². The van der Waals surface area contributed by atoms with Gasteiger partial charge in [0.05, 0.1) is 6.04 Å². The number of cyclic esters (lactones) is 1. The van der Waals surface area contributed by atoms with Crippen molar-refractivity contribution in [3.8, 4) is 0 Å². The summed E-state index contributed by atoms with van der Waals surface area (Å²) in [5, 5.41) is 5.44. The van der Waals surface area contributed by atoms with Crippen LogP contribution >= 0.6 is 0 Å². The Morgan fingerprint density at radius 2 is 1.66 bits per heavy atom. The van der Waals surface area contributed by atoms with Crippen molar-refractivity contribution in [2.24, 2.45) is 0 Å². The molecule has 0 aromatic heterocycles. The van der Waals surface area contributed by atoms with Gasteiger partial charge in [-0.05, 0) is 38.5 Å². The molecule has 0 unspecified atom stereocenters. The minimum atomic E-state index is -1.07. The number of rotatable bonds is 8. The largest absolute Gasteiger partial charge is 0.460 e. The first-order valence-corrected chi connectivity index (χ1v) is 12.9. The predicted octanol–water partition coefficient (Wildman–Crippen LogP) is 3.09. The van der Waals surface area contributed by atoms with E-state index in [2.05, 4.69) is 32.6 Å². The molecule has 2 aliphatic rings. The molecule has 10 heteroatoms. The Labute approximate surface area is 223 Å². The van der Waals surface area contributed by atoms with Crippen LogP contribution in [0, 0.1) is 0 Å². The Kier molecular flexibility index (Phi) is 8.73. The maximum Gasteiger partial charge on any atom is 0.408 e. The van der Waals surface area contributed by atoms with Crippen LogP contribution in [0.3, 0.4) is 0 Å². The molecular formula is C28H36N4O6. The molecule has 2 heterocycles. The number of esters is 1. The summed E-state index contributed by atoms with van der Waals surface area (Å²) in [5.41, 5.74) is 1.03. The van der Waals surface area contributed by atoms with Gasteiger partial charge in [0.1, 0.15) is 12.2 Å². The van der Waals surface area contributed by atoms with Gasteiger partial charge < -0.3 is 29.7 Å². The maximum atomic E-state index is 13.1. The topological polar surface area (TPSA) is 109 Å². The monoisotopic (exact) mass is 524 g/mol. The molecule has 38 heavy (non-hydrogen) atoms. The molecule has 2 fully saturated rings. The lowest BCUT2D eigenvalue weighted by Crippen LogP contribution is -2.52. The van der Waals surface area contributed by atoms with E-state index in [1.54, 1.807) is 45.0 Å². The van der Waals surface area contributed by atoms with E-state index in [1.807, 2.05) is 24.3 Å². The second-order valence-corrected chi connectivity index (χ2v) is 10.4. The van der Waals surface area contributed by atoms with E-state index in [-0.39, 0.29) is 12.6 Å². The Morgan fingerprint density at radius 3 is 2.29 bits per heavy atom. The van der Waals surface area contributed by atoms with Crippen LogP contribution in [0.25, 0.3) is 0 Å². The van der Waals surface area contributed by atoms with Crippen LogP contribution in [0.2, 0.25) is 0 Å². The molecule has 0 aliphatic carbocycles. The normalized spacial score (nSPS) is 20.7. The molecule has 0 bridgehead atoms. The molecule has 2 N–H and O–H groups in total. The zero-order chi connectivity index (χ0) is 27.1. The predicted molar refractivity (Wildman–Crippen MR) is 142 cm³/mol. The van der Waals surface area contributed by atoms with Gasteiger partial charge in [0.25, 0.3) is 0 Å². The van der Waals surface area contributed by atoms with Crippen LogP contribution in [-0.2, 0) is 19.0 Å². The van der Waals surface area contributed by atoms with Crippen LogP contribution in [0.4, 0.5) is 15.3 Å². The summed E-state index contributed by atoms with van der Waals surface area (Å²) in [7, 11) is 0. The summed E-state index contributed by atoms with van der Waals surface area (Å²) in [6, 6.07) is 17.7. The highest BCUT2D eigenvalue weighted by Gasteiger charge is 2.37. The Hall–Kier alpha value is -3.79. The molecule has 4 rings (SSSR count). The number of ether oxygens (including phenoxy) is 3. The number of nitrogens with one attached hydrogen (secondary N) is 2. The average molecular weight is 525 g/mol. The summed E-state index contributed by atoms with van der Waals surface area (Å²) in [6.07, 6.45) is -1.91. The second-order valence-electron chi connectivity index (χ2n) is 10.4. The fourth-order valence-corrected chi connectivity index (χ4v) is 4.51. The van der Waals surface area contributed by atoms with Crippen molar-refractivity contribution in [3.05, 3.63) is 66.2 Å². The summed E-state index contributed by atoms with van der Waals surface area (Å²) >= 11 is 0. The molecule has 0 radical (unpaired) electrons. The maximum absolute atomic E-state index is 13.1. The Balaban J connectivity index is 1.32. The van der Waals surface area contributed by atoms with Crippen molar-refractivity contribution in [2.45, 2.75) is 44.6 Å². The smallest absolute Gasteiger partial charge is 0.408 e. The zero-order valence-corrected chi connectivity index (χ0v) is 22.1. The molecule has 10 nitrogen and oxygen atoms in total. The number of para-hydroxylation sites is 1. The molecular weight excluding hydrogens is 488 g/mol. The molecule has 2 aliphatic heterocycles. The van der Waals surface area contributed by atoms with Gasteiger partial charge >= 0.3 is 18.2 Å². The van der Waals surface area contributed by atoms with Gasteiger partial charge in [-0.15, -0.1) is 0 Å². The minimum absolute atomic E-state index is 0.133. The van der Waals surface area contributed by atoms with Crippen molar-refractivity contribution < 1.29 is 28.6 Å². The van der Waals surface area contributed by atoms with Gasteiger partial charge in [0.15, 0.2) is 12.1 Å². The van der Waals surface area contributed by atoms with E-state index in [1.165, 1.54) is 5.69 Å². The fraction of sp³-hybridized carbons (Fsp3) is 0.464. The van der Waals surface area contributed by atoms with E-state index in [9.17, 15) is 14.4 Å². The highest BCUT2D eigenvalue weighted by Crippen LogP contribution is 2.20. The lowest BCUT2D eigenvalue weighted by Gasteiger charge is -2.37. The highest BCUT2D eigenvalue weighted by molar-refractivity contribution is 5.83. The zero-order valence-electron chi connectivity index (χ0n) is 22.1. The van der Waals surface area contributed by atoms with E-state index in [4.69, 9.17) is 14.2 Å². The molecule has 2 amide bonds. The number of nitrogens with zero attached hydrogens (tertiary/aromatic N) is 2. The van der Waals surface area contributed by atoms with Gasteiger partial charge in [-0.1, -0.05) is 48.5 Å². The summed E-state index contributed by atoms with van der Waals surface area (Å²) in [5.74, 6) is -0.666. The van der Waals surface area contributed by atoms with E-state index >= 15 is 0 Å². The summed E-state index contributed by atoms with van der Waals surface area (Å²) in [6.45, 7) is 9.09. The number of alkyl carbamates (subject to hydrolysis) is 2. The number of amides is 2. The fourth-order valence-electron chi connectivity index (χ4n) is 4.51. The molecule has 204 valence electrons. The first kappa shape index (κ1) is 27.3. The third kappa shape index (κ3) is 7.61. The van der Waals surface area contributed by atoms with Gasteiger partial charge in [-0.3, -0.25) is 4.90 Å². The van der Waals surface area contributed by atoms with E-state index in [0.29, 0.717) is 12.1 Å². The quantitative estimate of drug-likeness (QED) is 0.401. The number of carbonyl (C=O) groups is 3. The number of carbonyl (C=O) groups excluding carboxylic acids is 3. The molecule has 2 aromatic carbocycles. The van der Waals surface area contributed by atoms with Crippen LogP contribution < -0.4 is 15.5 Å². The lowest BCUT2D eigenvalue weighted by atomic mass is 10.1. The molecule has 0 saturated carbocycles. The Bertz CT molecular complexity index is 1080. The second kappa shape index (κ2) is 12.2. The van der Waals surface area contributed by atoms with Crippen LogP contribution in [0.15, 0.2) is 60.7 Å². The van der Waals surface area contributed by atoms with Crippen LogP contribution in [0.1, 0.15) is 32.4 Å². The van der Waals surface area contributed by atoms with Gasteiger partial charge in [-0.2, -0.15) is 0 Å². The lowest BCUT2D eigenvalue weighted by molar-refractivity contribution is -0.149. The number of piperazine rings is 1. The van der Waals surface area contributed by atoms with E-state index in [0.717, 1.165) is 26.2 Å². The third-order valence-electron chi connectivity index (χ3n) is 6.38. The number of hydrogen-bond acceptors (Lipinski definition) is 8. The van der Waals surface area contributed by atoms with Gasteiger partial charge in [0.2, 0.25) is 0 Å². The minimum Gasteiger partial charge on any atom is -0.460 e. The van der Waals surface area contributed by atoms with Crippen molar-refractivity contribution >= 4 is 23.8 Å². The average Bonchev–Trinajstić information content (AvgIpc) is 3.25. The highest BCUT2D eigenvalue weighted by atomic mass is 16.6. The first-order chi connectivity index (χ1) is 18.2. The number of hydrogen-bond donors (Lipinski definition) is 2. The molecule has 2 aromatic rings.